The predicted octanol–water partition coefficient (Wildman–Crippen LogP) is 0.734. The van der Waals surface area contributed by atoms with E-state index in [-0.39, 0.29) is 36.4 Å². The highest BCUT2D eigenvalue weighted by Gasteiger charge is 2.45. The first-order valence-corrected chi connectivity index (χ1v) is 7.03. The second-order valence-electron chi connectivity index (χ2n) is 5.13. The van der Waals surface area contributed by atoms with Crippen LogP contribution in [0.4, 0.5) is 0 Å². The molecule has 4 amide bonds. The van der Waals surface area contributed by atoms with Crippen molar-refractivity contribution in [2.45, 2.75) is 18.9 Å². The van der Waals surface area contributed by atoms with E-state index in [1.807, 2.05) is 0 Å². The van der Waals surface area contributed by atoms with Crippen LogP contribution in [0.25, 0.3) is 10.4 Å². The van der Waals surface area contributed by atoms with Crippen molar-refractivity contribution in [2.24, 2.45) is 5.11 Å². The van der Waals surface area contributed by atoms with Crippen LogP contribution in [0.1, 0.15) is 33.6 Å². The number of piperidine rings is 1. The summed E-state index contributed by atoms with van der Waals surface area (Å²) in [6.07, 6.45) is 0.120. The molecule has 2 aliphatic rings. The van der Waals surface area contributed by atoms with Crippen LogP contribution in [0.15, 0.2) is 23.3 Å². The van der Waals surface area contributed by atoms with Crippen LogP contribution in [0.5, 0.6) is 5.75 Å². The van der Waals surface area contributed by atoms with Gasteiger partial charge in [0.25, 0.3) is 11.8 Å². The number of fused-ring (bicyclic) bond motifs is 1. The van der Waals surface area contributed by atoms with E-state index in [2.05, 4.69) is 15.3 Å². The molecule has 1 unspecified atom stereocenters. The van der Waals surface area contributed by atoms with Gasteiger partial charge in [0.15, 0.2) is 6.73 Å². The second kappa shape index (κ2) is 6.01. The molecule has 0 bridgehead atoms. The number of benzene rings is 1. The number of nitrogens with one attached hydrogen (secondary N) is 1. The zero-order chi connectivity index (χ0) is 17.3. The molecule has 24 heavy (non-hydrogen) atoms. The number of hydrogen-bond acceptors (Lipinski definition) is 6. The predicted molar refractivity (Wildman–Crippen MR) is 77.8 cm³/mol. The van der Waals surface area contributed by atoms with E-state index >= 15 is 0 Å². The maximum absolute atomic E-state index is 12.6. The van der Waals surface area contributed by atoms with Gasteiger partial charge in [0.1, 0.15) is 11.8 Å². The average molecular weight is 329 g/mol. The molecule has 3 rings (SSSR count). The standard InChI is InChI=1S/C14H11N5O5/c15-18-16-6-24-9-3-1-2-7-11(9)14(23)19(13(7)22)8-4-5-10(20)17-12(8)21/h1-3,8H,4-6H2,(H,17,20,21). The van der Waals surface area contributed by atoms with E-state index in [0.717, 1.165) is 4.90 Å². The Morgan fingerprint density at radius 1 is 1.29 bits per heavy atom. The summed E-state index contributed by atoms with van der Waals surface area (Å²) in [5.74, 6) is -2.34. The molecule has 0 aromatic heterocycles. The maximum Gasteiger partial charge on any atom is 0.266 e. The van der Waals surface area contributed by atoms with Crippen LogP contribution in [0.2, 0.25) is 0 Å². The van der Waals surface area contributed by atoms with Crippen LogP contribution in [-0.2, 0) is 9.59 Å². The number of ether oxygens (including phenoxy) is 1. The summed E-state index contributed by atoms with van der Waals surface area (Å²) in [6.45, 7) is -0.340. The molecule has 2 aliphatic heterocycles. The summed E-state index contributed by atoms with van der Waals surface area (Å²) in [7, 11) is 0. The summed E-state index contributed by atoms with van der Waals surface area (Å²) in [6, 6.07) is 3.39. The van der Waals surface area contributed by atoms with Crippen LogP contribution in [-0.4, -0.2) is 41.3 Å². The Kier molecular flexibility index (Phi) is 3.88. The van der Waals surface area contributed by atoms with Crippen molar-refractivity contribution in [3.8, 4) is 5.75 Å². The van der Waals surface area contributed by atoms with Crippen molar-refractivity contribution in [1.29, 1.82) is 0 Å². The lowest BCUT2D eigenvalue weighted by molar-refractivity contribution is -0.136. The van der Waals surface area contributed by atoms with E-state index < -0.39 is 29.7 Å². The largest absolute Gasteiger partial charge is 0.487 e. The number of carbonyl (C=O) groups excluding carboxylic acids is 4. The molecule has 1 N–H and O–H groups in total. The molecule has 2 heterocycles. The number of imide groups is 2. The summed E-state index contributed by atoms with van der Waals surface area (Å²) >= 11 is 0. The normalized spacial score (nSPS) is 19.7. The molecule has 0 radical (unpaired) electrons. The van der Waals surface area contributed by atoms with Crippen molar-refractivity contribution in [1.82, 2.24) is 10.2 Å². The Hall–Kier alpha value is -3.39. The summed E-state index contributed by atoms with van der Waals surface area (Å²) < 4.78 is 5.21. The van der Waals surface area contributed by atoms with Gasteiger partial charge in [-0.15, -0.1) is 0 Å². The smallest absolute Gasteiger partial charge is 0.266 e. The van der Waals surface area contributed by atoms with Crippen LogP contribution in [0, 0.1) is 0 Å². The Labute approximate surface area is 135 Å². The Bertz CT molecular complexity index is 814. The number of rotatable bonds is 4. The second-order valence-corrected chi connectivity index (χ2v) is 5.13. The Morgan fingerprint density at radius 2 is 2.08 bits per heavy atom. The fourth-order valence-electron chi connectivity index (χ4n) is 2.73. The Morgan fingerprint density at radius 3 is 2.79 bits per heavy atom. The van der Waals surface area contributed by atoms with Crippen LogP contribution >= 0.6 is 0 Å². The molecule has 122 valence electrons. The summed E-state index contributed by atoms with van der Waals surface area (Å²) in [4.78, 5) is 51.7. The highest BCUT2D eigenvalue weighted by molar-refractivity contribution is 6.24. The number of carbonyl (C=O) groups is 4. The third-order valence-electron chi connectivity index (χ3n) is 3.77. The first kappa shape index (κ1) is 15.5. The van der Waals surface area contributed by atoms with E-state index in [1.165, 1.54) is 18.2 Å². The van der Waals surface area contributed by atoms with E-state index in [1.54, 1.807) is 0 Å². The van der Waals surface area contributed by atoms with Gasteiger partial charge in [-0.3, -0.25) is 29.4 Å². The molecule has 1 aromatic rings. The van der Waals surface area contributed by atoms with Crippen molar-refractivity contribution in [2.75, 3.05) is 6.73 Å². The fourth-order valence-corrected chi connectivity index (χ4v) is 2.73. The van der Waals surface area contributed by atoms with Gasteiger partial charge >= 0.3 is 0 Å². The highest BCUT2D eigenvalue weighted by atomic mass is 16.5. The summed E-state index contributed by atoms with van der Waals surface area (Å²) in [5, 5.41) is 5.33. The molecule has 1 aromatic carbocycles. The zero-order valence-corrected chi connectivity index (χ0v) is 12.3. The van der Waals surface area contributed by atoms with Gasteiger partial charge in [-0.1, -0.05) is 11.2 Å². The lowest BCUT2D eigenvalue weighted by Crippen LogP contribution is -2.54. The monoisotopic (exact) mass is 329 g/mol. The van der Waals surface area contributed by atoms with Crippen molar-refractivity contribution in [3.63, 3.8) is 0 Å². The first-order chi connectivity index (χ1) is 11.5. The number of hydrogen-bond donors (Lipinski definition) is 1. The molecular formula is C14H11N5O5. The number of amides is 4. The van der Waals surface area contributed by atoms with Crippen molar-refractivity contribution < 1.29 is 23.9 Å². The number of nitrogens with zero attached hydrogens (tertiary/aromatic N) is 4. The molecule has 10 nitrogen and oxygen atoms in total. The molecule has 0 spiro atoms. The topological polar surface area (TPSA) is 142 Å². The van der Waals surface area contributed by atoms with Gasteiger partial charge in [-0.2, -0.15) is 0 Å². The molecule has 0 aliphatic carbocycles. The Balaban J connectivity index is 1.93. The lowest BCUT2D eigenvalue weighted by Gasteiger charge is -2.27. The third-order valence-corrected chi connectivity index (χ3v) is 3.77. The van der Waals surface area contributed by atoms with Gasteiger partial charge in [-0.25, -0.2) is 0 Å². The minimum atomic E-state index is -1.04. The SMILES string of the molecule is [N-]=[N+]=NCOc1cccc2c1C(=O)N(C1CCC(=O)NC1=O)C2=O. The highest BCUT2D eigenvalue weighted by Crippen LogP contribution is 2.33. The lowest BCUT2D eigenvalue weighted by atomic mass is 10.0. The van der Waals surface area contributed by atoms with Crippen LogP contribution in [0.3, 0.4) is 0 Å². The van der Waals surface area contributed by atoms with Crippen molar-refractivity contribution >= 4 is 23.6 Å². The van der Waals surface area contributed by atoms with Gasteiger partial charge < -0.3 is 4.74 Å². The molecular weight excluding hydrogens is 318 g/mol. The summed E-state index contributed by atoms with van der Waals surface area (Å²) in [5.41, 5.74) is 8.39. The van der Waals surface area contributed by atoms with Crippen molar-refractivity contribution in [3.05, 3.63) is 39.8 Å². The van der Waals surface area contributed by atoms with Gasteiger partial charge in [0.2, 0.25) is 11.8 Å². The molecule has 1 fully saturated rings. The minimum Gasteiger partial charge on any atom is -0.487 e. The van der Waals surface area contributed by atoms with Gasteiger partial charge in [0, 0.05) is 11.3 Å². The first-order valence-electron chi connectivity index (χ1n) is 7.03. The zero-order valence-electron chi connectivity index (χ0n) is 12.3. The number of azide groups is 1. The van der Waals surface area contributed by atoms with Gasteiger partial charge in [-0.05, 0) is 24.1 Å². The van der Waals surface area contributed by atoms with E-state index in [4.69, 9.17) is 10.3 Å². The molecule has 1 atom stereocenters. The van der Waals surface area contributed by atoms with Crippen LogP contribution < -0.4 is 10.1 Å². The molecule has 10 heteroatoms. The van der Waals surface area contributed by atoms with E-state index in [0.29, 0.717) is 0 Å². The fraction of sp³-hybridized carbons (Fsp3) is 0.286. The third kappa shape index (κ3) is 2.44. The average Bonchev–Trinajstić information content (AvgIpc) is 2.81. The minimum absolute atomic E-state index is 0.0142. The molecule has 0 saturated carbocycles. The molecule has 1 saturated heterocycles. The van der Waals surface area contributed by atoms with E-state index in [9.17, 15) is 19.2 Å². The maximum atomic E-state index is 12.6. The quantitative estimate of drug-likeness (QED) is 0.375. The van der Waals surface area contributed by atoms with Gasteiger partial charge in [0.05, 0.1) is 11.1 Å².